The van der Waals surface area contributed by atoms with Crippen molar-refractivity contribution in [1.82, 2.24) is 0 Å². The second kappa shape index (κ2) is 7.55. The van der Waals surface area contributed by atoms with Crippen LogP contribution in [-0.4, -0.2) is 24.8 Å². The Hall–Kier alpha value is -2.20. The molecule has 0 atom stereocenters. The van der Waals surface area contributed by atoms with Crippen molar-refractivity contribution in [2.24, 2.45) is 10.2 Å². The third kappa shape index (κ3) is 4.13. The van der Waals surface area contributed by atoms with Gasteiger partial charge in [-0.15, -0.1) is 0 Å². The van der Waals surface area contributed by atoms with Crippen molar-refractivity contribution in [2.75, 3.05) is 24.6 Å². The zero-order valence-corrected chi connectivity index (χ0v) is 12.5. The Kier molecular flexibility index (Phi) is 5.46. The van der Waals surface area contributed by atoms with Gasteiger partial charge in [-0.2, -0.15) is 10.2 Å². The maximum absolute atomic E-state index is 9.09. The van der Waals surface area contributed by atoms with E-state index in [4.69, 9.17) is 5.11 Å². The number of azo groups is 1. The van der Waals surface area contributed by atoms with Crippen molar-refractivity contribution >= 4 is 17.1 Å². The van der Waals surface area contributed by atoms with E-state index in [9.17, 15) is 0 Å². The Labute approximate surface area is 125 Å². The molecule has 2 aromatic rings. The normalized spacial score (nSPS) is 11.0. The zero-order valence-electron chi connectivity index (χ0n) is 12.5. The first-order valence-corrected chi connectivity index (χ1v) is 7.18. The van der Waals surface area contributed by atoms with Crippen LogP contribution in [0.3, 0.4) is 0 Å². The molecule has 2 rings (SSSR count). The Morgan fingerprint density at radius 1 is 1.05 bits per heavy atom. The molecule has 0 fully saturated rings. The number of aliphatic hydroxyl groups is 1. The van der Waals surface area contributed by atoms with Crippen LogP contribution < -0.4 is 4.90 Å². The molecule has 0 spiro atoms. The number of hydrogen-bond donors (Lipinski definition) is 1. The van der Waals surface area contributed by atoms with Gasteiger partial charge in [0.25, 0.3) is 0 Å². The summed E-state index contributed by atoms with van der Waals surface area (Å²) in [7, 11) is 0. The van der Waals surface area contributed by atoms with Crippen LogP contribution in [0.25, 0.3) is 0 Å². The highest BCUT2D eigenvalue weighted by molar-refractivity contribution is 5.57. The van der Waals surface area contributed by atoms with E-state index < -0.39 is 0 Å². The molecule has 0 saturated heterocycles. The van der Waals surface area contributed by atoms with E-state index in [1.54, 1.807) is 0 Å². The van der Waals surface area contributed by atoms with E-state index in [0.717, 1.165) is 29.2 Å². The minimum absolute atomic E-state index is 0.155. The van der Waals surface area contributed by atoms with Gasteiger partial charge in [0.2, 0.25) is 0 Å². The quantitative estimate of drug-likeness (QED) is 0.806. The number of anilines is 1. The van der Waals surface area contributed by atoms with Crippen LogP contribution in [0.1, 0.15) is 12.5 Å². The molecule has 0 aliphatic rings. The molecule has 0 aliphatic heterocycles. The Bertz CT molecular complexity index is 596. The predicted molar refractivity (Wildman–Crippen MR) is 86.8 cm³/mol. The van der Waals surface area contributed by atoms with E-state index in [1.165, 1.54) is 0 Å². The number of likely N-dealkylation sites (N-methyl/N-ethyl adjacent to an activating group) is 1. The molecule has 0 bridgehead atoms. The third-order valence-electron chi connectivity index (χ3n) is 3.33. The van der Waals surface area contributed by atoms with Crippen molar-refractivity contribution in [2.45, 2.75) is 13.8 Å². The fraction of sp³-hybridized carbons (Fsp3) is 0.294. The first-order chi connectivity index (χ1) is 10.2. The molecule has 0 saturated carbocycles. The summed E-state index contributed by atoms with van der Waals surface area (Å²) in [6.45, 7) is 5.76. The first-order valence-electron chi connectivity index (χ1n) is 7.18. The SMILES string of the molecule is CCN(CCO)c1ccc(N=Nc2ccccc2)c(C)c1. The van der Waals surface area contributed by atoms with Gasteiger partial charge in [-0.05, 0) is 49.7 Å². The summed E-state index contributed by atoms with van der Waals surface area (Å²) in [5, 5.41) is 17.6. The first kappa shape index (κ1) is 15.2. The summed E-state index contributed by atoms with van der Waals surface area (Å²) in [4.78, 5) is 2.13. The summed E-state index contributed by atoms with van der Waals surface area (Å²) in [6, 6.07) is 15.8. The molecule has 0 unspecified atom stereocenters. The molecule has 4 heteroatoms. The maximum atomic E-state index is 9.09. The van der Waals surface area contributed by atoms with Crippen LogP contribution in [-0.2, 0) is 0 Å². The summed E-state index contributed by atoms with van der Waals surface area (Å²) < 4.78 is 0. The maximum Gasteiger partial charge on any atom is 0.0887 e. The molecule has 0 radical (unpaired) electrons. The topological polar surface area (TPSA) is 48.2 Å². The van der Waals surface area contributed by atoms with Gasteiger partial charge in [-0.25, -0.2) is 0 Å². The highest BCUT2D eigenvalue weighted by Crippen LogP contribution is 2.26. The van der Waals surface area contributed by atoms with E-state index >= 15 is 0 Å². The Morgan fingerprint density at radius 2 is 1.81 bits per heavy atom. The van der Waals surface area contributed by atoms with Crippen molar-refractivity contribution < 1.29 is 5.11 Å². The smallest absolute Gasteiger partial charge is 0.0887 e. The fourth-order valence-corrected chi connectivity index (χ4v) is 2.15. The summed E-state index contributed by atoms with van der Waals surface area (Å²) in [5.41, 5.74) is 3.88. The van der Waals surface area contributed by atoms with Gasteiger partial charge in [0, 0.05) is 18.8 Å². The molecule has 0 aliphatic carbocycles. The molecule has 0 amide bonds. The average molecular weight is 283 g/mol. The van der Waals surface area contributed by atoms with E-state index in [1.807, 2.05) is 49.4 Å². The second-order valence-electron chi connectivity index (χ2n) is 4.81. The van der Waals surface area contributed by atoms with Crippen LogP contribution >= 0.6 is 0 Å². The number of aryl methyl sites for hydroxylation is 1. The van der Waals surface area contributed by atoms with Crippen LogP contribution in [0.4, 0.5) is 17.1 Å². The number of rotatable bonds is 6. The molecule has 0 aromatic heterocycles. The highest BCUT2D eigenvalue weighted by atomic mass is 16.3. The molecule has 2 aromatic carbocycles. The van der Waals surface area contributed by atoms with Crippen molar-refractivity contribution in [1.29, 1.82) is 0 Å². The van der Waals surface area contributed by atoms with Crippen molar-refractivity contribution in [3.63, 3.8) is 0 Å². The van der Waals surface area contributed by atoms with Crippen molar-refractivity contribution in [3.8, 4) is 0 Å². The van der Waals surface area contributed by atoms with E-state index in [2.05, 4.69) is 28.1 Å². The van der Waals surface area contributed by atoms with Gasteiger partial charge < -0.3 is 10.0 Å². The summed E-state index contributed by atoms with van der Waals surface area (Å²) in [5.74, 6) is 0. The standard InChI is InChI=1S/C17H21N3O/c1-3-20(11-12-21)16-9-10-17(14(2)13-16)19-18-15-7-5-4-6-8-15/h4-10,13,21H,3,11-12H2,1-2H3. The predicted octanol–water partition coefficient (Wildman–Crippen LogP) is 4.23. The molecule has 21 heavy (non-hydrogen) atoms. The lowest BCUT2D eigenvalue weighted by atomic mass is 10.1. The minimum Gasteiger partial charge on any atom is -0.395 e. The molecule has 4 nitrogen and oxygen atoms in total. The molecular formula is C17H21N3O. The lowest BCUT2D eigenvalue weighted by molar-refractivity contribution is 0.302. The summed E-state index contributed by atoms with van der Waals surface area (Å²) in [6.07, 6.45) is 0. The van der Waals surface area contributed by atoms with Crippen LogP contribution in [0.15, 0.2) is 58.8 Å². The van der Waals surface area contributed by atoms with Gasteiger partial charge in [-0.3, -0.25) is 0 Å². The molecule has 110 valence electrons. The number of hydrogen-bond acceptors (Lipinski definition) is 4. The third-order valence-corrected chi connectivity index (χ3v) is 3.33. The summed E-state index contributed by atoms with van der Waals surface area (Å²) >= 11 is 0. The molecule has 1 N–H and O–H groups in total. The monoisotopic (exact) mass is 283 g/mol. The average Bonchev–Trinajstić information content (AvgIpc) is 2.52. The fourth-order valence-electron chi connectivity index (χ4n) is 2.15. The lowest BCUT2D eigenvalue weighted by Gasteiger charge is -2.22. The van der Waals surface area contributed by atoms with Gasteiger partial charge in [0.1, 0.15) is 0 Å². The van der Waals surface area contributed by atoms with E-state index in [-0.39, 0.29) is 6.61 Å². The molecular weight excluding hydrogens is 262 g/mol. The zero-order chi connectivity index (χ0) is 15.1. The molecule has 0 heterocycles. The van der Waals surface area contributed by atoms with Crippen LogP contribution in [0.2, 0.25) is 0 Å². The highest BCUT2D eigenvalue weighted by Gasteiger charge is 2.05. The van der Waals surface area contributed by atoms with Crippen LogP contribution in [0, 0.1) is 6.92 Å². The number of nitrogens with zero attached hydrogens (tertiary/aromatic N) is 3. The van der Waals surface area contributed by atoms with Gasteiger partial charge in [-0.1, -0.05) is 18.2 Å². The van der Waals surface area contributed by atoms with Crippen molar-refractivity contribution in [3.05, 3.63) is 54.1 Å². The Morgan fingerprint density at radius 3 is 2.43 bits per heavy atom. The van der Waals surface area contributed by atoms with E-state index in [0.29, 0.717) is 6.54 Å². The minimum atomic E-state index is 0.155. The lowest BCUT2D eigenvalue weighted by Crippen LogP contribution is -2.26. The second-order valence-corrected chi connectivity index (χ2v) is 4.81. The Balaban J connectivity index is 2.17. The van der Waals surface area contributed by atoms with Crippen LogP contribution in [0.5, 0.6) is 0 Å². The van der Waals surface area contributed by atoms with Gasteiger partial charge >= 0.3 is 0 Å². The number of aliphatic hydroxyl groups excluding tert-OH is 1. The largest absolute Gasteiger partial charge is 0.395 e. The number of benzene rings is 2. The van der Waals surface area contributed by atoms with Gasteiger partial charge in [0.15, 0.2) is 0 Å². The van der Waals surface area contributed by atoms with Gasteiger partial charge in [0.05, 0.1) is 18.0 Å².